The van der Waals surface area contributed by atoms with Crippen molar-refractivity contribution in [2.75, 3.05) is 31.1 Å². The van der Waals surface area contributed by atoms with Crippen LogP contribution < -0.4 is 9.64 Å². The molecule has 1 N–H and O–H groups in total. The number of benzene rings is 2. The van der Waals surface area contributed by atoms with E-state index in [1.54, 1.807) is 0 Å². The van der Waals surface area contributed by atoms with E-state index in [1.165, 1.54) is 23.1 Å². The van der Waals surface area contributed by atoms with Crippen molar-refractivity contribution in [3.8, 4) is 11.5 Å². The first kappa shape index (κ1) is 21.3. The highest BCUT2D eigenvalue weighted by Crippen LogP contribution is 2.49. The van der Waals surface area contributed by atoms with Crippen molar-refractivity contribution in [1.29, 1.82) is 0 Å². The highest BCUT2D eigenvalue weighted by Gasteiger charge is 2.45. The molecule has 11 heteroatoms. The highest BCUT2D eigenvalue weighted by atomic mass is 19.4. The molecule has 0 aromatic heterocycles. The maximum atomic E-state index is 14.2. The molecule has 166 valence electrons. The number of aliphatic hydroxyl groups is 1. The summed E-state index contributed by atoms with van der Waals surface area (Å²) < 4.78 is 61.8. The Hall–Kier alpha value is -2.92. The third kappa shape index (κ3) is 4.02. The number of nitro benzene ring substituents is 1. The van der Waals surface area contributed by atoms with Gasteiger partial charge in [-0.1, -0.05) is 12.1 Å². The van der Waals surface area contributed by atoms with E-state index in [0.717, 1.165) is 18.2 Å². The quantitative estimate of drug-likeness (QED) is 0.442. The summed E-state index contributed by atoms with van der Waals surface area (Å²) in [6.45, 7) is 1.07. The number of hydrogen-bond acceptors (Lipinski definition) is 6. The van der Waals surface area contributed by atoms with Crippen LogP contribution in [0.2, 0.25) is 0 Å². The average molecular weight is 441 g/mol. The number of halogens is 4. The van der Waals surface area contributed by atoms with Crippen LogP contribution in [0.4, 0.5) is 28.9 Å². The number of ether oxygens (including phenoxy) is 1. The molecule has 2 heterocycles. The van der Waals surface area contributed by atoms with Crippen LogP contribution in [0.1, 0.15) is 12.0 Å². The zero-order valence-electron chi connectivity index (χ0n) is 16.2. The lowest BCUT2D eigenvalue weighted by molar-refractivity contribution is -0.384. The molecular weight excluding hydrogens is 422 g/mol. The molecule has 2 fully saturated rings. The van der Waals surface area contributed by atoms with Gasteiger partial charge in [-0.25, -0.2) is 4.39 Å². The smallest absolute Gasteiger partial charge is 0.422 e. The molecule has 0 radical (unpaired) electrons. The topological polar surface area (TPSA) is 79.1 Å². The van der Waals surface area contributed by atoms with E-state index < -0.39 is 57.5 Å². The average Bonchev–Trinajstić information content (AvgIpc) is 3.08. The van der Waals surface area contributed by atoms with E-state index in [2.05, 4.69) is 0 Å². The minimum atomic E-state index is -5.01. The normalized spacial score (nSPS) is 21.8. The van der Waals surface area contributed by atoms with Crippen molar-refractivity contribution >= 4 is 11.4 Å². The molecule has 2 aliphatic heterocycles. The summed E-state index contributed by atoms with van der Waals surface area (Å²) in [4.78, 5) is 14.0. The lowest BCUT2D eigenvalue weighted by atomic mass is 10.0. The number of piperazine rings is 1. The lowest BCUT2D eigenvalue weighted by Crippen LogP contribution is -2.53. The van der Waals surface area contributed by atoms with Crippen LogP contribution in [0.3, 0.4) is 0 Å². The van der Waals surface area contributed by atoms with Gasteiger partial charge in [-0.3, -0.25) is 15.0 Å². The number of rotatable bonds is 4. The van der Waals surface area contributed by atoms with Crippen molar-refractivity contribution in [2.24, 2.45) is 0 Å². The van der Waals surface area contributed by atoms with Gasteiger partial charge in [0.25, 0.3) is 5.69 Å². The zero-order valence-corrected chi connectivity index (χ0v) is 16.2. The number of hydrogen-bond donors (Lipinski definition) is 1. The summed E-state index contributed by atoms with van der Waals surface area (Å²) in [7, 11) is 0. The lowest BCUT2D eigenvalue weighted by Gasteiger charge is -2.40. The molecule has 0 amide bonds. The number of nitro groups is 1. The van der Waals surface area contributed by atoms with E-state index in [4.69, 9.17) is 4.74 Å². The van der Waals surface area contributed by atoms with Gasteiger partial charge in [0.15, 0.2) is 11.6 Å². The van der Waals surface area contributed by atoms with Crippen molar-refractivity contribution in [3.05, 3.63) is 57.9 Å². The summed E-state index contributed by atoms with van der Waals surface area (Å²) in [5.74, 6) is -2.02. The van der Waals surface area contributed by atoms with Crippen LogP contribution in [-0.4, -0.2) is 53.3 Å². The number of aliphatic hydroxyl groups excluding tert-OH is 1. The maximum Gasteiger partial charge on any atom is 0.422 e. The fraction of sp³-hybridized carbons (Fsp3) is 0.400. The van der Waals surface area contributed by atoms with Gasteiger partial charge in [-0.05, 0) is 24.6 Å². The van der Waals surface area contributed by atoms with Gasteiger partial charge in [0.05, 0.1) is 17.1 Å². The predicted octanol–water partition coefficient (Wildman–Crippen LogP) is 3.80. The van der Waals surface area contributed by atoms with Crippen LogP contribution in [0.25, 0.3) is 0 Å². The predicted molar refractivity (Wildman–Crippen MR) is 103 cm³/mol. The summed E-state index contributed by atoms with van der Waals surface area (Å²) in [6, 6.07) is 6.31. The van der Waals surface area contributed by atoms with Crippen molar-refractivity contribution in [3.63, 3.8) is 0 Å². The van der Waals surface area contributed by atoms with Gasteiger partial charge in [-0.15, -0.1) is 0 Å². The molecule has 2 aliphatic rings. The van der Waals surface area contributed by atoms with Crippen molar-refractivity contribution < 1.29 is 32.3 Å². The molecule has 4 rings (SSSR count). The molecule has 7 nitrogen and oxygen atoms in total. The molecule has 31 heavy (non-hydrogen) atoms. The van der Waals surface area contributed by atoms with Crippen LogP contribution in [0.5, 0.6) is 11.5 Å². The Kier molecular flexibility index (Phi) is 5.48. The zero-order chi connectivity index (χ0) is 22.3. The SMILES string of the molecule is O=[N+]([O-])c1ccc(Oc2ccccc2F)c(C(F)(F)F)c1N1CCN2CC[C@@H](O)[C@H]2C1. The van der Waals surface area contributed by atoms with Crippen molar-refractivity contribution in [2.45, 2.75) is 24.7 Å². The Morgan fingerprint density at radius 2 is 1.84 bits per heavy atom. The molecule has 0 spiro atoms. The van der Waals surface area contributed by atoms with Crippen LogP contribution in [0.15, 0.2) is 36.4 Å². The third-order valence-electron chi connectivity index (χ3n) is 5.66. The monoisotopic (exact) mass is 441 g/mol. The molecular formula is C20H19F4N3O4. The number of para-hydroxylation sites is 1. The summed E-state index contributed by atoms with van der Waals surface area (Å²) in [6.07, 6.45) is -5.25. The fourth-order valence-electron chi connectivity index (χ4n) is 4.22. The van der Waals surface area contributed by atoms with E-state index in [9.17, 15) is 32.8 Å². The minimum absolute atomic E-state index is 0.00572. The second kappa shape index (κ2) is 7.97. The molecule has 2 atom stereocenters. The molecule has 2 saturated heterocycles. The van der Waals surface area contributed by atoms with Gasteiger partial charge >= 0.3 is 6.18 Å². The van der Waals surface area contributed by atoms with Gasteiger partial charge in [0.1, 0.15) is 17.0 Å². The molecule has 2 aromatic carbocycles. The van der Waals surface area contributed by atoms with E-state index in [1.807, 2.05) is 4.90 Å². The standard InChI is InChI=1S/C20H19F4N3O4/c21-12-3-1-2-4-16(12)31-17-6-5-13(27(29)30)19(18(17)20(22,23)24)26-10-9-25-8-7-15(28)14(25)11-26/h1-6,14-15,28H,7-11H2/t14-,15-/m1/s1. The van der Waals surface area contributed by atoms with Crippen LogP contribution in [0, 0.1) is 15.9 Å². The fourth-order valence-corrected chi connectivity index (χ4v) is 4.22. The summed E-state index contributed by atoms with van der Waals surface area (Å²) >= 11 is 0. The first-order valence-corrected chi connectivity index (χ1v) is 9.65. The second-order valence-corrected chi connectivity index (χ2v) is 7.50. The Labute approximate surface area is 174 Å². The van der Waals surface area contributed by atoms with Crippen LogP contribution in [-0.2, 0) is 6.18 Å². The second-order valence-electron chi connectivity index (χ2n) is 7.50. The van der Waals surface area contributed by atoms with Gasteiger partial charge in [-0.2, -0.15) is 13.2 Å². The van der Waals surface area contributed by atoms with Gasteiger partial charge in [0, 0.05) is 32.2 Å². The van der Waals surface area contributed by atoms with E-state index in [-0.39, 0.29) is 13.1 Å². The van der Waals surface area contributed by atoms with Crippen LogP contribution >= 0.6 is 0 Å². The molecule has 0 bridgehead atoms. The molecule has 2 aromatic rings. The Morgan fingerprint density at radius 3 is 2.52 bits per heavy atom. The molecule has 0 saturated carbocycles. The minimum Gasteiger partial charge on any atom is -0.454 e. The Morgan fingerprint density at radius 1 is 1.10 bits per heavy atom. The highest BCUT2D eigenvalue weighted by molar-refractivity contribution is 5.73. The largest absolute Gasteiger partial charge is 0.454 e. The Balaban J connectivity index is 1.83. The first-order valence-electron chi connectivity index (χ1n) is 9.65. The van der Waals surface area contributed by atoms with E-state index in [0.29, 0.717) is 19.5 Å². The number of fused-ring (bicyclic) bond motifs is 1. The molecule has 0 aliphatic carbocycles. The molecule has 0 unspecified atom stereocenters. The van der Waals surface area contributed by atoms with Crippen molar-refractivity contribution in [1.82, 2.24) is 4.90 Å². The van der Waals surface area contributed by atoms with Gasteiger partial charge in [0.2, 0.25) is 0 Å². The van der Waals surface area contributed by atoms with Gasteiger partial charge < -0.3 is 14.7 Å². The Bertz CT molecular complexity index is 1000. The third-order valence-corrected chi connectivity index (χ3v) is 5.66. The maximum absolute atomic E-state index is 14.2. The number of alkyl halides is 3. The first-order chi connectivity index (χ1) is 14.7. The number of nitrogens with zero attached hydrogens (tertiary/aromatic N) is 3. The van der Waals surface area contributed by atoms with E-state index >= 15 is 0 Å². The summed E-state index contributed by atoms with van der Waals surface area (Å²) in [5, 5.41) is 21.8. The number of anilines is 1. The summed E-state index contributed by atoms with van der Waals surface area (Å²) in [5.41, 5.74) is -2.70.